The molecule has 9 heteroatoms. The maximum atomic E-state index is 12.4. The van der Waals surface area contributed by atoms with Gasteiger partial charge in [0.05, 0.1) is 18.8 Å². The minimum absolute atomic E-state index is 0.0159. The van der Waals surface area contributed by atoms with Crippen LogP contribution in [0.2, 0.25) is 0 Å². The van der Waals surface area contributed by atoms with E-state index in [1.807, 2.05) is 36.2 Å². The van der Waals surface area contributed by atoms with E-state index < -0.39 is 0 Å². The molecule has 0 radical (unpaired) electrons. The molecule has 4 heterocycles. The van der Waals surface area contributed by atoms with Crippen LogP contribution in [0.25, 0.3) is 16.6 Å². The molecule has 0 atom stereocenters. The molecule has 0 spiro atoms. The van der Waals surface area contributed by atoms with Crippen molar-refractivity contribution in [3.63, 3.8) is 0 Å². The largest absolute Gasteiger partial charge is 0.464 e. The number of nitrogens with two attached hydrogens (primary N) is 1. The van der Waals surface area contributed by atoms with Gasteiger partial charge in [-0.05, 0) is 56.7 Å². The molecular weight excluding hydrogens is 394 g/mol. The SMILES string of the molecule is Cc1ccc(CN(CC2CCC(c3nnn4cnc5[nH]ccc5c34)CC2)C(=O)CN)o1. The van der Waals surface area contributed by atoms with Crippen LogP contribution in [0.1, 0.15) is 48.8 Å². The summed E-state index contributed by atoms with van der Waals surface area (Å²) in [5.74, 6) is 2.41. The molecule has 0 bridgehead atoms. The number of hydrogen-bond acceptors (Lipinski definition) is 6. The number of furan rings is 1. The zero-order chi connectivity index (χ0) is 21.4. The molecule has 0 aliphatic heterocycles. The predicted octanol–water partition coefficient (Wildman–Crippen LogP) is 2.77. The number of H-pyrrole nitrogens is 1. The van der Waals surface area contributed by atoms with Crippen molar-refractivity contribution in [3.8, 4) is 0 Å². The summed E-state index contributed by atoms with van der Waals surface area (Å²) in [6, 6.07) is 5.88. The summed E-state index contributed by atoms with van der Waals surface area (Å²) in [6.07, 6.45) is 7.74. The van der Waals surface area contributed by atoms with E-state index in [1.54, 1.807) is 10.8 Å². The Morgan fingerprint density at radius 2 is 2.13 bits per heavy atom. The van der Waals surface area contributed by atoms with Gasteiger partial charge in [0.15, 0.2) is 0 Å². The summed E-state index contributed by atoms with van der Waals surface area (Å²) in [5.41, 5.74) is 8.61. The standard InChI is InChI=1S/C22H27N7O2/c1-14-2-7-17(31-14)12-28(19(30)10-23)11-15-3-5-16(6-4-15)20-21-18-8-9-24-22(18)25-13-29(21)27-26-20/h2,7-9,13,15-16,24H,3-6,10-12,23H2,1H3. The molecule has 162 valence electrons. The topological polar surface area (TPSA) is 118 Å². The van der Waals surface area contributed by atoms with E-state index in [0.717, 1.165) is 59.4 Å². The quantitative estimate of drug-likeness (QED) is 0.494. The number of nitrogens with zero attached hydrogens (tertiary/aromatic N) is 5. The highest BCUT2D eigenvalue weighted by molar-refractivity contribution is 5.92. The molecule has 3 N–H and O–H groups in total. The Labute approximate surface area is 179 Å². The highest BCUT2D eigenvalue weighted by Gasteiger charge is 2.29. The minimum atomic E-state index is -0.0391. The first-order valence-corrected chi connectivity index (χ1v) is 10.8. The molecular formula is C22H27N7O2. The number of rotatable bonds is 6. The lowest BCUT2D eigenvalue weighted by Gasteiger charge is -2.32. The molecule has 4 aromatic rings. The van der Waals surface area contributed by atoms with Crippen LogP contribution in [0.4, 0.5) is 0 Å². The van der Waals surface area contributed by atoms with Crippen molar-refractivity contribution in [2.45, 2.75) is 45.1 Å². The maximum absolute atomic E-state index is 12.4. The third kappa shape index (κ3) is 3.81. The number of aromatic amines is 1. The Hall–Kier alpha value is -3.20. The molecule has 0 unspecified atom stereocenters. The van der Waals surface area contributed by atoms with Crippen molar-refractivity contribution >= 4 is 22.5 Å². The van der Waals surface area contributed by atoms with E-state index in [1.165, 1.54) is 0 Å². The molecule has 1 fully saturated rings. The Kier molecular flexibility index (Phi) is 5.19. The van der Waals surface area contributed by atoms with Gasteiger partial charge in [0.25, 0.3) is 0 Å². The maximum Gasteiger partial charge on any atom is 0.236 e. The number of hydrogen-bond donors (Lipinski definition) is 2. The van der Waals surface area contributed by atoms with Crippen LogP contribution < -0.4 is 5.73 Å². The Morgan fingerprint density at radius 3 is 2.87 bits per heavy atom. The van der Waals surface area contributed by atoms with E-state index in [4.69, 9.17) is 10.2 Å². The fourth-order valence-electron chi connectivity index (χ4n) is 4.77. The highest BCUT2D eigenvalue weighted by Crippen LogP contribution is 2.38. The molecule has 1 saturated carbocycles. The third-order valence-corrected chi connectivity index (χ3v) is 6.38. The second-order valence-electron chi connectivity index (χ2n) is 8.46. The number of carbonyl (C=O) groups excluding carboxylic acids is 1. The lowest BCUT2D eigenvalue weighted by atomic mass is 9.80. The number of amides is 1. The average Bonchev–Trinajstić information content (AvgIpc) is 3.52. The van der Waals surface area contributed by atoms with Gasteiger partial charge in [0, 0.05) is 24.0 Å². The second kappa shape index (κ2) is 8.14. The first-order chi connectivity index (χ1) is 15.1. The van der Waals surface area contributed by atoms with Crippen LogP contribution in [0.5, 0.6) is 0 Å². The lowest BCUT2D eigenvalue weighted by Crippen LogP contribution is -2.39. The third-order valence-electron chi connectivity index (χ3n) is 6.38. The van der Waals surface area contributed by atoms with Crippen LogP contribution in [0, 0.1) is 12.8 Å². The van der Waals surface area contributed by atoms with Crippen LogP contribution in [0.3, 0.4) is 0 Å². The Balaban J connectivity index is 1.28. The molecule has 9 nitrogen and oxygen atoms in total. The van der Waals surface area contributed by atoms with Crippen molar-refractivity contribution in [2.75, 3.05) is 13.1 Å². The van der Waals surface area contributed by atoms with Gasteiger partial charge >= 0.3 is 0 Å². The van der Waals surface area contributed by atoms with Crippen LogP contribution in [-0.4, -0.2) is 48.7 Å². The molecule has 1 aliphatic carbocycles. The van der Waals surface area contributed by atoms with E-state index in [-0.39, 0.29) is 12.5 Å². The van der Waals surface area contributed by atoms with Gasteiger partial charge in [-0.3, -0.25) is 4.79 Å². The zero-order valence-corrected chi connectivity index (χ0v) is 17.6. The van der Waals surface area contributed by atoms with Gasteiger partial charge in [-0.15, -0.1) is 5.10 Å². The van der Waals surface area contributed by atoms with Crippen molar-refractivity contribution in [2.24, 2.45) is 11.7 Å². The van der Waals surface area contributed by atoms with Crippen LogP contribution >= 0.6 is 0 Å². The van der Waals surface area contributed by atoms with Gasteiger partial charge in [-0.1, -0.05) is 5.21 Å². The zero-order valence-electron chi connectivity index (χ0n) is 17.6. The molecule has 1 aliphatic rings. The van der Waals surface area contributed by atoms with Crippen LogP contribution in [-0.2, 0) is 11.3 Å². The lowest BCUT2D eigenvalue weighted by molar-refractivity contribution is -0.131. The molecule has 4 aromatic heterocycles. The van der Waals surface area contributed by atoms with E-state index >= 15 is 0 Å². The Bertz CT molecular complexity index is 1200. The van der Waals surface area contributed by atoms with Gasteiger partial charge in [0.1, 0.15) is 29.0 Å². The highest BCUT2D eigenvalue weighted by atomic mass is 16.3. The molecule has 1 amide bonds. The van der Waals surface area contributed by atoms with Crippen molar-refractivity contribution in [1.82, 2.24) is 29.7 Å². The number of nitrogens with one attached hydrogen (secondary N) is 1. The van der Waals surface area contributed by atoms with E-state index in [0.29, 0.717) is 24.9 Å². The van der Waals surface area contributed by atoms with Crippen molar-refractivity contribution in [1.29, 1.82) is 0 Å². The molecule has 5 rings (SSSR count). The number of carbonyl (C=O) groups is 1. The molecule has 0 saturated heterocycles. The predicted molar refractivity (Wildman–Crippen MR) is 115 cm³/mol. The number of aromatic nitrogens is 5. The number of aryl methyl sites for hydroxylation is 1. The summed E-state index contributed by atoms with van der Waals surface area (Å²) in [6.45, 7) is 3.10. The first-order valence-electron chi connectivity index (χ1n) is 10.8. The fourth-order valence-corrected chi connectivity index (χ4v) is 4.77. The number of fused-ring (bicyclic) bond motifs is 3. The summed E-state index contributed by atoms with van der Waals surface area (Å²) in [5, 5.41) is 9.84. The fraction of sp³-hybridized carbons (Fsp3) is 0.455. The van der Waals surface area contributed by atoms with E-state index in [2.05, 4.69) is 20.3 Å². The van der Waals surface area contributed by atoms with Gasteiger partial charge in [0.2, 0.25) is 5.91 Å². The summed E-state index contributed by atoms with van der Waals surface area (Å²) < 4.78 is 7.44. The first kappa shape index (κ1) is 19.7. The molecule has 31 heavy (non-hydrogen) atoms. The van der Waals surface area contributed by atoms with Gasteiger partial charge in [-0.2, -0.15) is 0 Å². The van der Waals surface area contributed by atoms with Gasteiger partial charge in [-0.25, -0.2) is 9.50 Å². The summed E-state index contributed by atoms with van der Waals surface area (Å²) in [4.78, 5) is 21.8. The monoisotopic (exact) mass is 421 g/mol. The summed E-state index contributed by atoms with van der Waals surface area (Å²) in [7, 11) is 0. The molecule has 0 aromatic carbocycles. The van der Waals surface area contributed by atoms with Crippen molar-refractivity contribution < 1.29 is 9.21 Å². The van der Waals surface area contributed by atoms with Crippen LogP contribution in [0.15, 0.2) is 35.1 Å². The minimum Gasteiger partial charge on any atom is -0.464 e. The normalized spacial score (nSPS) is 19.3. The average molecular weight is 422 g/mol. The van der Waals surface area contributed by atoms with E-state index in [9.17, 15) is 4.79 Å². The van der Waals surface area contributed by atoms with Crippen molar-refractivity contribution in [3.05, 3.63) is 47.9 Å². The second-order valence-corrected chi connectivity index (χ2v) is 8.46. The Morgan fingerprint density at radius 1 is 1.29 bits per heavy atom. The summed E-state index contributed by atoms with van der Waals surface area (Å²) >= 11 is 0. The smallest absolute Gasteiger partial charge is 0.236 e. The van der Waals surface area contributed by atoms with Gasteiger partial charge < -0.3 is 20.0 Å².